The molecule has 1 N–H and O–H groups in total. The molecule has 16 heavy (non-hydrogen) atoms. The second-order valence-electron chi connectivity index (χ2n) is 3.53. The molecule has 0 amide bonds. The zero-order valence-electron chi connectivity index (χ0n) is 9.90. The first kappa shape index (κ1) is 12.6. The zero-order chi connectivity index (χ0) is 11.8. The second kappa shape index (κ2) is 6.90. The third kappa shape index (κ3) is 3.95. The minimum absolute atomic E-state index is 0.187. The highest BCUT2D eigenvalue weighted by molar-refractivity contribution is 5.30. The maximum Gasteiger partial charge on any atom is 0.147 e. The topological polar surface area (TPSA) is 30.5 Å². The summed E-state index contributed by atoms with van der Waals surface area (Å²) in [5.74, 6) is 1.59. The largest absolute Gasteiger partial charge is 0.497 e. The van der Waals surface area contributed by atoms with E-state index in [0.29, 0.717) is 0 Å². The Morgan fingerprint density at radius 1 is 1.31 bits per heavy atom. The molecule has 0 aliphatic heterocycles. The van der Waals surface area contributed by atoms with E-state index in [0.717, 1.165) is 24.3 Å². The number of benzene rings is 1. The molecule has 0 aromatic heterocycles. The minimum atomic E-state index is 0.187. The Morgan fingerprint density at radius 3 is 2.44 bits per heavy atom. The van der Waals surface area contributed by atoms with Gasteiger partial charge in [0.15, 0.2) is 0 Å². The summed E-state index contributed by atoms with van der Waals surface area (Å²) in [6.07, 6.45) is 3.96. The van der Waals surface area contributed by atoms with Crippen molar-refractivity contribution in [2.75, 3.05) is 7.11 Å². The van der Waals surface area contributed by atoms with Crippen molar-refractivity contribution in [3.8, 4) is 11.5 Å². The number of hydrogen-bond donors (Lipinski definition) is 1. The quantitative estimate of drug-likeness (QED) is 0.567. The summed E-state index contributed by atoms with van der Waals surface area (Å²) in [5, 5.41) is 0. The molecule has 1 rings (SSSR count). The summed E-state index contributed by atoms with van der Waals surface area (Å²) in [5.41, 5.74) is 2.97. The fraction of sp³-hybridized carbons (Fsp3) is 0.385. The summed E-state index contributed by atoms with van der Waals surface area (Å²) in [4.78, 5) is 5.43. The predicted octanol–water partition coefficient (Wildman–Crippen LogP) is 2.93. The summed E-state index contributed by atoms with van der Waals surface area (Å²) < 4.78 is 5.06. The monoisotopic (exact) mass is 221 g/mol. The van der Waals surface area contributed by atoms with E-state index in [9.17, 15) is 0 Å². The van der Waals surface area contributed by atoms with E-state index < -0.39 is 0 Å². The van der Waals surface area contributed by atoms with Crippen LogP contribution in [0.5, 0.6) is 11.5 Å². The van der Waals surface area contributed by atoms with E-state index in [1.54, 1.807) is 7.11 Å². The normalized spacial score (nSPS) is 11.9. The van der Waals surface area contributed by atoms with Gasteiger partial charge >= 0.3 is 0 Å². The first-order valence-corrected chi connectivity index (χ1v) is 5.49. The Balaban J connectivity index is 2.43. The van der Waals surface area contributed by atoms with Crippen LogP contribution in [-0.4, -0.2) is 13.2 Å². The molecule has 0 radical (unpaired) electrons. The predicted molar refractivity (Wildman–Crippen MR) is 65.7 cm³/mol. The molecule has 0 unspecified atom stereocenters. The van der Waals surface area contributed by atoms with Crippen molar-refractivity contribution in [2.24, 2.45) is 0 Å². The van der Waals surface area contributed by atoms with E-state index >= 15 is 0 Å². The van der Waals surface area contributed by atoms with Crippen LogP contribution in [0.1, 0.15) is 19.8 Å². The average molecular weight is 221 g/mol. The fourth-order valence-corrected chi connectivity index (χ4v) is 1.32. The molecule has 1 aromatic rings. The van der Waals surface area contributed by atoms with Gasteiger partial charge in [-0.1, -0.05) is 19.4 Å². The maximum atomic E-state index is 5.43. The van der Waals surface area contributed by atoms with Gasteiger partial charge in [-0.25, -0.2) is 0 Å². The van der Waals surface area contributed by atoms with E-state index in [1.807, 2.05) is 30.3 Å². The molecule has 0 saturated heterocycles. The van der Waals surface area contributed by atoms with Crippen molar-refractivity contribution in [3.05, 3.63) is 36.9 Å². The molecule has 1 atom stereocenters. The number of hydroxylamine groups is 1. The minimum Gasteiger partial charge on any atom is -0.497 e. The molecule has 0 aliphatic carbocycles. The van der Waals surface area contributed by atoms with Crippen molar-refractivity contribution in [2.45, 2.75) is 25.8 Å². The third-order valence-corrected chi connectivity index (χ3v) is 2.27. The first-order chi connectivity index (χ1) is 7.80. The Labute approximate surface area is 97.0 Å². The molecule has 0 aliphatic rings. The Kier molecular flexibility index (Phi) is 5.43. The van der Waals surface area contributed by atoms with Gasteiger partial charge in [0, 0.05) is 0 Å². The van der Waals surface area contributed by atoms with Gasteiger partial charge in [-0.2, -0.15) is 0 Å². The van der Waals surface area contributed by atoms with Crippen LogP contribution in [0.25, 0.3) is 0 Å². The smallest absolute Gasteiger partial charge is 0.147 e. The molecular formula is C13H19NO2. The third-order valence-electron chi connectivity index (χ3n) is 2.27. The average Bonchev–Trinajstić information content (AvgIpc) is 2.35. The Morgan fingerprint density at radius 2 is 1.94 bits per heavy atom. The molecule has 1 aromatic carbocycles. The van der Waals surface area contributed by atoms with Crippen LogP contribution in [-0.2, 0) is 0 Å². The van der Waals surface area contributed by atoms with Crippen molar-refractivity contribution < 1.29 is 9.57 Å². The second-order valence-corrected chi connectivity index (χ2v) is 3.53. The lowest BCUT2D eigenvalue weighted by Gasteiger charge is -2.14. The highest BCUT2D eigenvalue weighted by atomic mass is 16.6. The first-order valence-electron chi connectivity index (χ1n) is 5.49. The van der Waals surface area contributed by atoms with Crippen LogP contribution in [0.4, 0.5) is 0 Å². The van der Waals surface area contributed by atoms with Crippen LogP contribution < -0.4 is 15.1 Å². The van der Waals surface area contributed by atoms with Crippen molar-refractivity contribution in [1.82, 2.24) is 5.48 Å². The summed E-state index contributed by atoms with van der Waals surface area (Å²) in [6.45, 7) is 5.89. The van der Waals surface area contributed by atoms with Crippen LogP contribution in [0.15, 0.2) is 36.9 Å². The summed E-state index contributed by atoms with van der Waals surface area (Å²) >= 11 is 0. The van der Waals surface area contributed by atoms with Crippen LogP contribution >= 0.6 is 0 Å². The Hall–Kier alpha value is -1.48. The van der Waals surface area contributed by atoms with Gasteiger partial charge in [-0.15, -0.1) is 12.1 Å². The van der Waals surface area contributed by atoms with Gasteiger partial charge in [0.1, 0.15) is 11.5 Å². The van der Waals surface area contributed by atoms with Gasteiger partial charge < -0.3 is 9.57 Å². The zero-order valence-corrected chi connectivity index (χ0v) is 9.90. The van der Waals surface area contributed by atoms with Gasteiger partial charge in [-0.05, 0) is 30.7 Å². The van der Waals surface area contributed by atoms with Gasteiger partial charge in [0.25, 0.3) is 0 Å². The highest BCUT2D eigenvalue weighted by Gasteiger charge is 2.02. The molecule has 3 nitrogen and oxygen atoms in total. The van der Waals surface area contributed by atoms with E-state index in [2.05, 4.69) is 19.0 Å². The van der Waals surface area contributed by atoms with Crippen molar-refractivity contribution in [3.63, 3.8) is 0 Å². The van der Waals surface area contributed by atoms with Crippen LogP contribution in [0.2, 0.25) is 0 Å². The molecule has 0 heterocycles. The van der Waals surface area contributed by atoms with Crippen molar-refractivity contribution >= 4 is 0 Å². The lowest BCUT2D eigenvalue weighted by Crippen LogP contribution is -2.29. The lowest BCUT2D eigenvalue weighted by molar-refractivity contribution is 0.168. The summed E-state index contributed by atoms with van der Waals surface area (Å²) in [7, 11) is 1.64. The molecule has 88 valence electrons. The van der Waals surface area contributed by atoms with Gasteiger partial charge in [-0.3, -0.25) is 0 Å². The summed E-state index contributed by atoms with van der Waals surface area (Å²) in [6, 6.07) is 7.63. The standard InChI is InChI=1S/C13H19NO2/c1-4-6-11(5-2)14-16-13-9-7-12(15-3)8-10-13/h5,7-11,14H,2,4,6H2,1,3H3/t11-/m0/s1. The Bertz CT molecular complexity index is 308. The van der Waals surface area contributed by atoms with Gasteiger partial charge in [0.05, 0.1) is 13.2 Å². The number of ether oxygens (including phenoxy) is 1. The maximum absolute atomic E-state index is 5.43. The molecule has 0 spiro atoms. The molecule has 0 bridgehead atoms. The SMILES string of the molecule is C=C[C@@H](CCC)NOc1ccc(OC)cc1. The fourth-order valence-electron chi connectivity index (χ4n) is 1.32. The van der Waals surface area contributed by atoms with Gasteiger partial charge in [0.2, 0.25) is 0 Å². The van der Waals surface area contributed by atoms with E-state index in [1.165, 1.54) is 0 Å². The van der Waals surface area contributed by atoms with Crippen molar-refractivity contribution in [1.29, 1.82) is 0 Å². The number of rotatable bonds is 7. The van der Waals surface area contributed by atoms with E-state index in [4.69, 9.17) is 9.57 Å². The van der Waals surface area contributed by atoms with Crippen LogP contribution in [0.3, 0.4) is 0 Å². The highest BCUT2D eigenvalue weighted by Crippen LogP contribution is 2.16. The van der Waals surface area contributed by atoms with Crippen LogP contribution in [0, 0.1) is 0 Å². The molecule has 0 saturated carbocycles. The molecule has 0 fully saturated rings. The molecule has 3 heteroatoms. The number of nitrogens with one attached hydrogen (secondary N) is 1. The number of hydrogen-bond acceptors (Lipinski definition) is 3. The molecular weight excluding hydrogens is 202 g/mol. The lowest BCUT2D eigenvalue weighted by atomic mass is 10.2. The number of methoxy groups -OCH3 is 1. The van der Waals surface area contributed by atoms with E-state index in [-0.39, 0.29) is 6.04 Å².